The quantitative estimate of drug-likeness (QED) is 0.438. The molecule has 5 N–H and O–H groups in total. The molecule has 0 aliphatic rings. The zero-order valence-corrected chi connectivity index (χ0v) is 13.6. The molecular weight excluding hydrogens is 314 g/mol. The van der Waals surface area contributed by atoms with Gasteiger partial charge in [0.2, 0.25) is 5.11 Å². The number of anilines is 2. The molecule has 0 fully saturated rings. The van der Waals surface area contributed by atoms with Crippen molar-refractivity contribution < 1.29 is 0 Å². The normalized spacial score (nSPS) is 9.50. The van der Waals surface area contributed by atoms with E-state index in [0.717, 1.165) is 11.4 Å². The van der Waals surface area contributed by atoms with Crippen LogP contribution in [0.3, 0.4) is 0 Å². The zero-order valence-electron chi connectivity index (χ0n) is 12.0. The van der Waals surface area contributed by atoms with Crippen molar-refractivity contribution in [1.29, 1.82) is 0 Å². The summed E-state index contributed by atoms with van der Waals surface area (Å²) in [6, 6.07) is 17.6. The molecule has 0 spiro atoms. The van der Waals surface area contributed by atoms with Gasteiger partial charge in [-0.05, 0) is 55.6 Å². The molecule has 2 aromatic rings. The summed E-state index contributed by atoms with van der Waals surface area (Å²) < 4.78 is 0. The number of hydrogen-bond donors (Lipinski definition) is 5. The van der Waals surface area contributed by atoms with Gasteiger partial charge >= 0.3 is 0 Å². The fourth-order valence-corrected chi connectivity index (χ4v) is 1.87. The molecule has 0 unspecified atom stereocenters. The predicted molar refractivity (Wildman–Crippen MR) is 99.5 cm³/mol. The Morgan fingerprint density at radius 3 is 2.05 bits per heavy atom. The van der Waals surface area contributed by atoms with Crippen LogP contribution < -0.4 is 27.0 Å². The summed E-state index contributed by atoms with van der Waals surface area (Å²) in [6.45, 7) is 2.03. The van der Waals surface area contributed by atoms with Crippen LogP contribution in [0.15, 0.2) is 54.6 Å². The maximum atomic E-state index is 5.17. The number of hydrazine groups is 2. The topological polar surface area (TPSA) is 60.1 Å². The van der Waals surface area contributed by atoms with E-state index < -0.39 is 0 Å². The highest BCUT2D eigenvalue weighted by molar-refractivity contribution is 7.80. The third-order valence-corrected chi connectivity index (χ3v) is 3.10. The van der Waals surface area contributed by atoms with Gasteiger partial charge in [-0.3, -0.25) is 21.7 Å². The number of para-hydroxylation sites is 1. The number of nitrogens with one attached hydrogen (secondary N) is 5. The van der Waals surface area contributed by atoms with Crippen molar-refractivity contribution in [3.8, 4) is 0 Å². The van der Waals surface area contributed by atoms with Crippen LogP contribution in [-0.2, 0) is 0 Å². The number of thiocarbonyl (C=S) groups is 2. The second-order valence-electron chi connectivity index (χ2n) is 4.52. The summed E-state index contributed by atoms with van der Waals surface area (Å²) in [4.78, 5) is 0. The molecule has 114 valence electrons. The van der Waals surface area contributed by atoms with Crippen molar-refractivity contribution in [2.45, 2.75) is 6.92 Å². The van der Waals surface area contributed by atoms with Crippen molar-refractivity contribution in [2.75, 3.05) is 10.7 Å². The number of aryl methyl sites for hydroxylation is 1. The van der Waals surface area contributed by atoms with Gasteiger partial charge in [0.1, 0.15) is 0 Å². The molecule has 22 heavy (non-hydrogen) atoms. The minimum absolute atomic E-state index is 0.372. The maximum Gasteiger partial charge on any atom is 0.204 e. The monoisotopic (exact) mass is 331 g/mol. The molecule has 7 heteroatoms. The Morgan fingerprint density at radius 1 is 0.727 bits per heavy atom. The Labute approximate surface area is 140 Å². The second kappa shape index (κ2) is 8.16. The lowest BCUT2D eigenvalue weighted by atomic mass is 10.2. The molecule has 0 aromatic heterocycles. The van der Waals surface area contributed by atoms with E-state index in [0.29, 0.717) is 10.2 Å². The fraction of sp³-hybridized carbons (Fsp3) is 0.0667. The smallest absolute Gasteiger partial charge is 0.204 e. The first kappa shape index (κ1) is 16.0. The summed E-state index contributed by atoms with van der Waals surface area (Å²) in [5.41, 5.74) is 14.4. The van der Waals surface area contributed by atoms with Crippen LogP contribution in [0.5, 0.6) is 0 Å². The Kier molecular flexibility index (Phi) is 5.93. The molecule has 2 aromatic carbocycles. The average molecular weight is 331 g/mol. The minimum Gasteiger partial charge on any atom is -0.331 e. The molecule has 0 atom stereocenters. The van der Waals surface area contributed by atoms with Crippen LogP contribution in [-0.4, -0.2) is 10.2 Å². The van der Waals surface area contributed by atoms with Crippen molar-refractivity contribution in [3.63, 3.8) is 0 Å². The Morgan fingerprint density at radius 2 is 1.36 bits per heavy atom. The third-order valence-electron chi connectivity index (χ3n) is 2.69. The van der Waals surface area contributed by atoms with Crippen LogP contribution in [0, 0.1) is 6.92 Å². The number of benzene rings is 2. The van der Waals surface area contributed by atoms with Crippen LogP contribution in [0.1, 0.15) is 5.56 Å². The first-order valence-electron chi connectivity index (χ1n) is 6.64. The second-order valence-corrected chi connectivity index (χ2v) is 5.33. The van der Waals surface area contributed by atoms with Crippen molar-refractivity contribution in [2.24, 2.45) is 0 Å². The van der Waals surface area contributed by atoms with Crippen LogP contribution in [0.2, 0.25) is 0 Å². The molecule has 0 bridgehead atoms. The summed E-state index contributed by atoms with van der Waals surface area (Å²) in [5.74, 6) is 0. The van der Waals surface area contributed by atoms with Gasteiger partial charge in [0, 0.05) is 5.69 Å². The predicted octanol–water partition coefficient (Wildman–Crippen LogP) is 2.69. The van der Waals surface area contributed by atoms with Gasteiger partial charge in [0.15, 0.2) is 5.11 Å². The molecule has 0 amide bonds. The zero-order chi connectivity index (χ0) is 15.8. The summed E-state index contributed by atoms with van der Waals surface area (Å²) in [6.07, 6.45) is 0. The third kappa shape index (κ3) is 5.55. The highest BCUT2D eigenvalue weighted by Gasteiger charge is 1.99. The summed E-state index contributed by atoms with van der Waals surface area (Å²) in [7, 11) is 0. The van der Waals surface area contributed by atoms with Gasteiger partial charge in [0.05, 0.1) is 5.69 Å². The van der Waals surface area contributed by atoms with Gasteiger partial charge < -0.3 is 5.32 Å². The summed E-state index contributed by atoms with van der Waals surface area (Å²) in [5, 5.41) is 3.84. The Balaban J connectivity index is 1.69. The van der Waals surface area contributed by atoms with Crippen LogP contribution in [0.25, 0.3) is 0 Å². The highest BCUT2D eigenvalue weighted by Crippen LogP contribution is 2.07. The molecular formula is C15H17N5S2. The molecule has 5 nitrogen and oxygen atoms in total. The van der Waals surface area contributed by atoms with Gasteiger partial charge in [-0.1, -0.05) is 35.9 Å². The lowest BCUT2D eigenvalue weighted by Crippen LogP contribution is -2.49. The molecule has 0 saturated heterocycles. The van der Waals surface area contributed by atoms with Gasteiger partial charge in [-0.25, -0.2) is 0 Å². The lowest BCUT2D eigenvalue weighted by molar-refractivity contribution is 0.850. The first-order valence-corrected chi connectivity index (χ1v) is 7.46. The Hall–Kier alpha value is -2.38. The van der Waals surface area contributed by atoms with E-state index in [1.807, 2.05) is 61.5 Å². The van der Waals surface area contributed by atoms with E-state index in [1.54, 1.807) is 0 Å². The van der Waals surface area contributed by atoms with Gasteiger partial charge in [-0.15, -0.1) is 0 Å². The highest BCUT2D eigenvalue weighted by atomic mass is 32.1. The number of rotatable bonds is 3. The van der Waals surface area contributed by atoms with E-state index in [1.165, 1.54) is 5.56 Å². The molecule has 0 aliphatic carbocycles. The lowest BCUT2D eigenvalue weighted by Gasteiger charge is -2.15. The van der Waals surface area contributed by atoms with Crippen molar-refractivity contribution >= 4 is 46.0 Å². The SMILES string of the molecule is Cc1ccc(NC(=S)NNC(=S)NNc2ccccc2)cc1. The standard InChI is InChI=1S/C15H17N5S2/c1-11-7-9-12(10-8-11)16-14(21)18-20-15(22)19-17-13-5-3-2-4-6-13/h2-10,17H,1H3,(H2,16,18,21)(H2,19,20,22). The minimum atomic E-state index is 0.372. The van der Waals surface area contributed by atoms with E-state index >= 15 is 0 Å². The Bertz CT molecular complexity index is 628. The van der Waals surface area contributed by atoms with Crippen molar-refractivity contribution in [3.05, 3.63) is 60.2 Å². The molecule has 0 heterocycles. The van der Waals surface area contributed by atoms with Crippen LogP contribution in [0.4, 0.5) is 11.4 Å². The largest absolute Gasteiger partial charge is 0.331 e. The first-order chi connectivity index (χ1) is 10.6. The van der Waals surface area contributed by atoms with E-state index in [-0.39, 0.29) is 0 Å². The van der Waals surface area contributed by atoms with Crippen LogP contribution >= 0.6 is 24.4 Å². The van der Waals surface area contributed by atoms with E-state index in [9.17, 15) is 0 Å². The van der Waals surface area contributed by atoms with E-state index in [2.05, 4.69) is 27.0 Å². The molecule has 0 saturated carbocycles. The molecule has 2 rings (SSSR count). The summed E-state index contributed by atoms with van der Waals surface area (Å²) >= 11 is 10.3. The van der Waals surface area contributed by atoms with Gasteiger partial charge in [-0.2, -0.15) is 0 Å². The van der Waals surface area contributed by atoms with Crippen molar-refractivity contribution in [1.82, 2.24) is 16.3 Å². The number of hydrogen-bond acceptors (Lipinski definition) is 3. The maximum absolute atomic E-state index is 5.17. The molecule has 0 radical (unpaired) electrons. The fourth-order valence-electron chi connectivity index (χ4n) is 1.59. The van der Waals surface area contributed by atoms with E-state index in [4.69, 9.17) is 24.4 Å². The average Bonchev–Trinajstić information content (AvgIpc) is 2.54. The van der Waals surface area contributed by atoms with Gasteiger partial charge in [0.25, 0.3) is 0 Å². The molecule has 0 aliphatic heterocycles.